The lowest BCUT2D eigenvalue weighted by Crippen LogP contribution is -2.16. The summed E-state index contributed by atoms with van der Waals surface area (Å²) in [6.45, 7) is 11.8. The number of hydrogen-bond donors (Lipinski definition) is 0. The van der Waals surface area contributed by atoms with Gasteiger partial charge in [-0.2, -0.15) is 0 Å². The Balaban J connectivity index is 2.28. The summed E-state index contributed by atoms with van der Waals surface area (Å²) in [5, 5.41) is 0. The van der Waals surface area contributed by atoms with Crippen molar-refractivity contribution in [2.45, 2.75) is 40.5 Å². The molecule has 0 unspecified atom stereocenters. The van der Waals surface area contributed by atoms with Gasteiger partial charge in [0.25, 0.3) is 0 Å². The van der Waals surface area contributed by atoms with E-state index in [2.05, 4.69) is 62.8 Å². The molecular weight excluding hydrogens is 220 g/mol. The van der Waals surface area contributed by atoms with Crippen molar-refractivity contribution in [3.05, 3.63) is 35.7 Å². The Morgan fingerprint density at radius 3 is 2.50 bits per heavy atom. The third-order valence-corrected chi connectivity index (χ3v) is 3.28. The van der Waals surface area contributed by atoms with E-state index in [1.165, 1.54) is 16.8 Å². The number of rotatable bonds is 2. The van der Waals surface area contributed by atoms with Crippen LogP contribution in [0.4, 0.5) is 0 Å². The lowest BCUT2D eigenvalue weighted by molar-refractivity contribution is 0.594. The van der Waals surface area contributed by atoms with Crippen LogP contribution in [0.5, 0.6) is 0 Å². The molecule has 0 N–H and O–H groups in total. The van der Waals surface area contributed by atoms with E-state index in [0.29, 0.717) is 5.92 Å². The Bertz CT molecular complexity index is 502. The van der Waals surface area contributed by atoms with Gasteiger partial charge in [-0.05, 0) is 29.7 Å². The second kappa shape index (κ2) is 4.68. The largest absolute Gasteiger partial charge is 0.284 e. The van der Waals surface area contributed by atoms with Crippen molar-refractivity contribution in [3.63, 3.8) is 0 Å². The van der Waals surface area contributed by atoms with E-state index < -0.39 is 0 Å². The predicted molar refractivity (Wildman–Crippen MR) is 78.1 cm³/mol. The van der Waals surface area contributed by atoms with Crippen LogP contribution in [0.2, 0.25) is 0 Å². The van der Waals surface area contributed by atoms with Crippen molar-refractivity contribution in [2.75, 3.05) is 6.54 Å². The summed E-state index contributed by atoms with van der Waals surface area (Å²) in [5.41, 5.74) is 4.95. The van der Waals surface area contributed by atoms with E-state index in [-0.39, 0.29) is 5.41 Å². The number of aliphatic imine (C=N–C) groups is 1. The van der Waals surface area contributed by atoms with Gasteiger partial charge in [-0.3, -0.25) is 9.98 Å². The predicted octanol–water partition coefficient (Wildman–Crippen LogP) is 4.09. The van der Waals surface area contributed by atoms with Crippen molar-refractivity contribution in [2.24, 2.45) is 10.4 Å². The average Bonchev–Trinajstić information content (AvgIpc) is 2.78. The van der Waals surface area contributed by atoms with E-state index >= 15 is 0 Å². The molecule has 2 heterocycles. The summed E-state index contributed by atoms with van der Waals surface area (Å²) in [7, 11) is 0. The topological polar surface area (TPSA) is 25.2 Å². The van der Waals surface area contributed by atoms with Crippen LogP contribution in [0.3, 0.4) is 0 Å². The van der Waals surface area contributed by atoms with Crippen LogP contribution < -0.4 is 0 Å². The smallest absolute Gasteiger partial charge is 0.0683 e. The molecule has 2 nitrogen and oxygen atoms in total. The van der Waals surface area contributed by atoms with Crippen molar-refractivity contribution < 1.29 is 0 Å². The summed E-state index contributed by atoms with van der Waals surface area (Å²) in [5.74, 6) is 0.539. The first-order chi connectivity index (χ1) is 8.38. The molecule has 0 saturated heterocycles. The van der Waals surface area contributed by atoms with Gasteiger partial charge in [0.15, 0.2) is 0 Å². The normalized spacial score (nSPS) is 15.9. The van der Waals surface area contributed by atoms with Crippen molar-refractivity contribution in [3.8, 4) is 0 Å². The van der Waals surface area contributed by atoms with E-state index in [1.54, 1.807) is 0 Å². The lowest BCUT2D eigenvalue weighted by atomic mass is 9.89. The third kappa shape index (κ3) is 2.69. The van der Waals surface area contributed by atoms with Crippen LogP contribution in [-0.2, 0) is 0 Å². The monoisotopic (exact) mass is 242 g/mol. The Morgan fingerprint density at radius 1 is 1.22 bits per heavy atom. The summed E-state index contributed by atoms with van der Waals surface area (Å²) in [6, 6.07) is 4.28. The highest BCUT2D eigenvalue weighted by Gasteiger charge is 2.22. The molecule has 0 radical (unpaired) electrons. The average molecular weight is 242 g/mol. The molecule has 0 spiro atoms. The molecule has 0 amide bonds. The second-order valence-electron chi connectivity index (χ2n) is 6.25. The fourth-order valence-electron chi connectivity index (χ4n) is 2.02. The number of allylic oxidation sites excluding steroid dienone is 1. The Labute approximate surface area is 110 Å². The molecule has 1 aromatic heterocycles. The van der Waals surface area contributed by atoms with Crippen LogP contribution in [0.15, 0.2) is 29.4 Å². The Kier molecular flexibility index (Phi) is 3.38. The number of nitrogens with zero attached hydrogens (tertiary/aromatic N) is 2. The maximum Gasteiger partial charge on any atom is 0.0683 e. The minimum atomic E-state index is 0.122. The van der Waals surface area contributed by atoms with Gasteiger partial charge in [-0.15, -0.1) is 0 Å². The molecule has 0 saturated carbocycles. The highest BCUT2D eigenvalue weighted by Crippen LogP contribution is 2.27. The zero-order chi connectivity index (χ0) is 13.3. The first kappa shape index (κ1) is 13.0. The highest BCUT2D eigenvalue weighted by molar-refractivity contribution is 6.07. The molecule has 2 rings (SSSR count). The van der Waals surface area contributed by atoms with Gasteiger partial charge >= 0.3 is 0 Å². The van der Waals surface area contributed by atoms with Crippen molar-refractivity contribution in [1.82, 2.24) is 4.98 Å². The molecule has 1 aromatic rings. The number of pyridine rings is 1. The lowest BCUT2D eigenvalue weighted by Gasteiger charge is -2.16. The Hall–Kier alpha value is -1.44. The quantitative estimate of drug-likeness (QED) is 0.766. The molecule has 0 aliphatic carbocycles. The van der Waals surface area contributed by atoms with E-state index in [9.17, 15) is 0 Å². The first-order valence-corrected chi connectivity index (χ1v) is 6.60. The van der Waals surface area contributed by atoms with Crippen LogP contribution in [-0.4, -0.2) is 17.2 Å². The SMILES string of the molecule is CC(C)c1ccnc(C2=CC(C(C)(C)C)=NC2)c1. The first-order valence-electron chi connectivity index (χ1n) is 6.60. The molecule has 0 aromatic carbocycles. The Morgan fingerprint density at radius 2 is 1.94 bits per heavy atom. The fourth-order valence-corrected chi connectivity index (χ4v) is 2.02. The van der Waals surface area contributed by atoms with Crippen molar-refractivity contribution in [1.29, 1.82) is 0 Å². The van der Waals surface area contributed by atoms with Gasteiger partial charge in [0.2, 0.25) is 0 Å². The zero-order valence-corrected chi connectivity index (χ0v) is 12.0. The maximum absolute atomic E-state index is 4.62. The second-order valence-corrected chi connectivity index (χ2v) is 6.25. The molecule has 96 valence electrons. The van der Waals surface area contributed by atoms with Crippen LogP contribution >= 0.6 is 0 Å². The summed E-state index contributed by atoms with van der Waals surface area (Å²) < 4.78 is 0. The van der Waals surface area contributed by atoms with Gasteiger partial charge < -0.3 is 0 Å². The molecular formula is C16H22N2. The van der Waals surface area contributed by atoms with Gasteiger partial charge in [0.05, 0.1) is 12.2 Å². The van der Waals surface area contributed by atoms with Gasteiger partial charge in [0, 0.05) is 22.9 Å². The summed E-state index contributed by atoms with van der Waals surface area (Å²) in [6.07, 6.45) is 4.10. The number of aromatic nitrogens is 1. The van der Waals surface area contributed by atoms with Crippen LogP contribution in [0, 0.1) is 5.41 Å². The standard InChI is InChI=1S/C16H22N2/c1-11(2)12-6-7-17-14(8-12)13-9-15(18-10-13)16(3,4)5/h6-9,11H,10H2,1-5H3. The highest BCUT2D eigenvalue weighted by atomic mass is 14.8. The number of hydrogen-bond acceptors (Lipinski definition) is 2. The van der Waals surface area contributed by atoms with Gasteiger partial charge in [0.1, 0.15) is 0 Å². The zero-order valence-electron chi connectivity index (χ0n) is 12.0. The molecule has 0 atom stereocenters. The summed E-state index contributed by atoms with van der Waals surface area (Å²) in [4.78, 5) is 9.10. The van der Waals surface area contributed by atoms with Crippen LogP contribution in [0.25, 0.3) is 5.57 Å². The molecule has 1 aliphatic rings. The molecule has 0 bridgehead atoms. The molecule has 1 aliphatic heterocycles. The molecule has 2 heteroatoms. The van der Waals surface area contributed by atoms with E-state index in [0.717, 1.165) is 12.2 Å². The van der Waals surface area contributed by atoms with Crippen molar-refractivity contribution >= 4 is 11.3 Å². The minimum absolute atomic E-state index is 0.122. The third-order valence-electron chi connectivity index (χ3n) is 3.28. The summed E-state index contributed by atoms with van der Waals surface area (Å²) >= 11 is 0. The maximum atomic E-state index is 4.62. The minimum Gasteiger partial charge on any atom is -0.284 e. The molecule has 0 fully saturated rings. The van der Waals surface area contributed by atoms with E-state index in [1.807, 2.05) is 6.20 Å². The fraction of sp³-hybridized carbons (Fsp3) is 0.500. The van der Waals surface area contributed by atoms with Crippen LogP contribution in [0.1, 0.15) is 51.8 Å². The van der Waals surface area contributed by atoms with Gasteiger partial charge in [-0.1, -0.05) is 34.6 Å². The molecule has 18 heavy (non-hydrogen) atoms. The van der Waals surface area contributed by atoms with E-state index in [4.69, 9.17) is 0 Å². The van der Waals surface area contributed by atoms with Gasteiger partial charge in [-0.25, -0.2) is 0 Å².